The van der Waals surface area contributed by atoms with Crippen LogP contribution in [0.15, 0.2) is 54.6 Å². The Balaban J connectivity index is 1.81. The smallest absolute Gasteiger partial charge is 0.220 e. The van der Waals surface area contributed by atoms with Gasteiger partial charge in [0, 0.05) is 12.5 Å². The van der Waals surface area contributed by atoms with Crippen LogP contribution < -0.4 is 10.1 Å². The van der Waals surface area contributed by atoms with Gasteiger partial charge in [-0.2, -0.15) is 0 Å². The van der Waals surface area contributed by atoms with Gasteiger partial charge in [0.2, 0.25) is 5.91 Å². The molecule has 3 heteroatoms. The molecule has 0 aliphatic carbocycles. The zero-order valence-electron chi connectivity index (χ0n) is 15.7. The van der Waals surface area contributed by atoms with Gasteiger partial charge in [-0.1, -0.05) is 56.3 Å². The van der Waals surface area contributed by atoms with Crippen LogP contribution in [0.1, 0.15) is 44.7 Å². The minimum atomic E-state index is 0.0317. The van der Waals surface area contributed by atoms with Crippen molar-refractivity contribution in [1.29, 1.82) is 0 Å². The SMILES string of the molecule is COc1ccc(CCC(=O)N[C@H](C)CC(C)(C)c2ccccc2)cc1. The molecule has 1 amide bonds. The molecule has 0 bridgehead atoms. The summed E-state index contributed by atoms with van der Waals surface area (Å²) in [6.45, 7) is 6.53. The fraction of sp³-hybridized carbons (Fsp3) is 0.409. The average molecular weight is 339 g/mol. The van der Waals surface area contributed by atoms with Gasteiger partial charge in [0.15, 0.2) is 0 Å². The number of aryl methyl sites for hydroxylation is 1. The van der Waals surface area contributed by atoms with Crippen LogP contribution >= 0.6 is 0 Å². The lowest BCUT2D eigenvalue weighted by atomic mass is 9.79. The molecule has 0 saturated heterocycles. The van der Waals surface area contributed by atoms with Crippen LogP contribution in [0.3, 0.4) is 0 Å². The number of hydrogen-bond donors (Lipinski definition) is 1. The standard InChI is InChI=1S/C22H29NO2/c1-17(16-22(2,3)19-8-6-5-7-9-19)23-21(24)15-12-18-10-13-20(25-4)14-11-18/h5-11,13-14,17H,12,15-16H2,1-4H3,(H,23,24)/t17-/m1/s1. The summed E-state index contributed by atoms with van der Waals surface area (Å²) in [5, 5.41) is 3.13. The minimum Gasteiger partial charge on any atom is -0.497 e. The van der Waals surface area contributed by atoms with Crippen LogP contribution in [-0.4, -0.2) is 19.1 Å². The van der Waals surface area contributed by atoms with Gasteiger partial charge in [-0.3, -0.25) is 4.79 Å². The second kappa shape index (κ2) is 8.70. The fourth-order valence-corrected chi connectivity index (χ4v) is 3.22. The van der Waals surface area contributed by atoms with Crippen molar-refractivity contribution in [2.45, 2.75) is 51.5 Å². The number of nitrogens with one attached hydrogen (secondary N) is 1. The number of methoxy groups -OCH3 is 1. The summed E-state index contributed by atoms with van der Waals surface area (Å²) in [6, 6.07) is 18.5. The van der Waals surface area contributed by atoms with Gasteiger partial charge >= 0.3 is 0 Å². The summed E-state index contributed by atoms with van der Waals surface area (Å²) in [5.74, 6) is 0.942. The lowest BCUT2D eigenvalue weighted by Gasteiger charge is -2.29. The van der Waals surface area contributed by atoms with Gasteiger partial charge in [-0.05, 0) is 48.4 Å². The molecule has 0 saturated carbocycles. The van der Waals surface area contributed by atoms with Gasteiger partial charge in [-0.15, -0.1) is 0 Å². The zero-order valence-corrected chi connectivity index (χ0v) is 15.7. The highest BCUT2D eigenvalue weighted by Gasteiger charge is 2.23. The summed E-state index contributed by atoms with van der Waals surface area (Å²) < 4.78 is 5.15. The Morgan fingerprint density at radius 3 is 2.32 bits per heavy atom. The Hall–Kier alpha value is -2.29. The van der Waals surface area contributed by atoms with E-state index in [0.29, 0.717) is 6.42 Å². The number of benzene rings is 2. The Morgan fingerprint density at radius 2 is 1.72 bits per heavy atom. The van der Waals surface area contributed by atoms with Crippen LogP contribution in [0.2, 0.25) is 0 Å². The van der Waals surface area contributed by atoms with E-state index in [1.165, 1.54) is 5.56 Å². The van der Waals surface area contributed by atoms with Gasteiger partial charge in [0.25, 0.3) is 0 Å². The third kappa shape index (κ3) is 5.93. The van der Waals surface area contributed by atoms with Crippen LogP contribution in [0.5, 0.6) is 5.75 Å². The monoisotopic (exact) mass is 339 g/mol. The molecule has 25 heavy (non-hydrogen) atoms. The summed E-state index contributed by atoms with van der Waals surface area (Å²) >= 11 is 0. The third-order valence-electron chi connectivity index (χ3n) is 4.58. The molecule has 0 radical (unpaired) electrons. The molecule has 1 N–H and O–H groups in total. The van der Waals surface area contributed by atoms with E-state index < -0.39 is 0 Å². The van der Waals surface area contributed by atoms with Crippen molar-refractivity contribution in [2.24, 2.45) is 0 Å². The molecule has 1 atom stereocenters. The molecule has 3 nitrogen and oxygen atoms in total. The molecule has 2 aromatic carbocycles. The second-order valence-corrected chi connectivity index (χ2v) is 7.27. The molecule has 134 valence electrons. The van der Waals surface area contributed by atoms with E-state index in [4.69, 9.17) is 4.74 Å². The highest BCUT2D eigenvalue weighted by Crippen LogP contribution is 2.28. The highest BCUT2D eigenvalue weighted by molar-refractivity contribution is 5.76. The Labute approximate surface area is 151 Å². The molecular weight excluding hydrogens is 310 g/mol. The highest BCUT2D eigenvalue weighted by atomic mass is 16.5. The Kier molecular flexibility index (Phi) is 6.63. The molecule has 2 rings (SSSR count). The van der Waals surface area contributed by atoms with Crippen molar-refractivity contribution in [1.82, 2.24) is 5.32 Å². The fourth-order valence-electron chi connectivity index (χ4n) is 3.22. The molecular formula is C22H29NO2. The van der Waals surface area contributed by atoms with Gasteiger partial charge in [0.1, 0.15) is 5.75 Å². The van der Waals surface area contributed by atoms with Crippen molar-refractivity contribution < 1.29 is 9.53 Å². The van der Waals surface area contributed by atoms with Crippen molar-refractivity contribution in [3.63, 3.8) is 0 Å². The van der Waals surface area contributed by atoms with E-state index >= 15 is 0 Å². The summed E-state index contributed by atoms with van der Waals surface area (Å²) in [4.78, 5) is 12.2. The maximum absolute atomic E-state index is 12.2. The number of carbonyl (C=O) groups excluding carboxylic acids is 1. The first-order valence-corrected chi connectivity index (χ1v) is 8.88. The summed E-state index contributed by atoms with van der Waals surface area (Å²) in [5.41, 5.74) is 2.48. The molecule has 0 unspecified atom stereocenters. The minimum absolute atomic E-state index is 0.0317. The van der Waals surface area contributed by atoms with Crippen LogP contribution in [0.25, 0.3) is 0 Å². The lowest BCUT2D eigenvalue weighted by molar-refractivity contribution is -0.121. The Morgan fingerprint density at radius 1 is 1.08 bits per heavy atom. The first-order chi connectivity index (χ1) is 11.9. The molecule has 0 aliphatic rings. The molecule has 0 fully saturated rings. The van der Waals surface area contributed by atoms with Crippen molar-refractivity contribution in [3.05, 3.63) is 65.7 Å². The quantitative estimate of drug-likeness (QED) is 0.769. The molecule has 2 aromatic rings. The Bertz CT molecular complexity index is 662. The van der Waals surface area contributed by atoms with Gasteiger partial charge in [0.05, 0.1) is 7.11 Å². The van der Waals surface area contributed by atoms with Gasteiger partial charge in [-0.25, -0.2) is 0 Å². The van der Waals surface area contributed by atoms with Crippen LogP contribution in [0, 0.1) is 0 Å². The molecule has 0 heterocycles. The normalized spacial score (nSPS) is 12.5. The van der Waals surface area contributed by atoms with Crippen molar-refractivity contribution in [2.75, 3.05) is 7.11 Å². The number of rotatable bonds is 8. The number of amides is 1. The number of carbonyl (C=O) groups is 1. The summed E-state index contributed by atoms with van der Waals surface area (Å²) in [7, 11) is 1.65. The second-order valence-electron chi connectivity index (χ2n) is 7.27. The predicted molar refractivity (Wildman–Crippen MR) is 103 cm³/mol. The van der Waals surface area contributed by atoms with Crippen LogP contribution in [0.4, 0.5) is 0 Å². The molecule has 0 aliphatic heterocycles. The topological polar surface area (TPSA) is 38.3 Å². The van der Waals surface area contributed by atoms with E-state index in [2.05, 4.69) is 50.4 Å². The number of hydrogen-bond acceptors (Lipinski definition) is 2. The first-order valence-electron chi connectivity index (χ1n) is 8.88. The zero-order chi connectivity index (χ0) is 18.3. The maximum atomic E-state index is 12.2. The third-order valence-corrected chi connectivity index (χ3v) is 4.58. The molecule has 0 spiro atoms. The largest absolute Gasteiger partial charge is 0.497 e. The van der Waals surface area contributed by atoms with E-state index in [-0.39, 0.29) is 17.4 Å². The van der Waals surface area contributed by atoms with E-state index in [0.717, 1.165) is 24.2 Å². The van der Waals surface area contributed by atoms with Crippen molar-refractivity contribution in [3.8, 4) is 5.75 Å². The number of ether oxygens (including phenoxy) is 1. The lowest BCUT2D eigenvalue weighted by Crippen LogP contribution is -2.37. The van der Waals surface area contributed by atoms with E-state index in [9.17, 15) is 4.79 Å². The molecule has 0 aromatic heterocycles. The van der Waals surface area contributed by atoms with Gasteiger partial charge < -0.3 is 10.1 Å². The summed E-state index contributed by atoms with van der Waals surface area (Å²) in [6.07, 6.45) is 2.15. The van der Waals surface area contributed by atoms with Crippen molar-refractivity contribution >= 4 is 5.91 Å². The maximum Gasteiger partial charge on any atom is 0.220 e. The first kappa shape index (κ1) is 19.0. The average Bonchev–Trinajstić information content (AvgIpc) is 2.60. The van der Waals surface area contributed by atoms with E-state index in [1.54, 1.807) is 7.11 Å². The van der Waals surface area contributed by atoms with Crippen LogP contribution in [-0.2, 0) is 16.6 Å². The van der Waals surface area contributed by atoms with E-state index in [1.807, 2.05) is 30.3 Å². The predicted octanol–water partition coefficient (Wildman–Crippen LogP) is 4.50.